The van der Waals surface area contributed by atoms with Gasteiger partial charge in [0.05, 0.1) is 32.1 Å². The fourth-order valence-electron chi connectivity index (χ4n) is 2.50. The molecule has 1 aromatic carbocycles. The Morgan fingerprint density at radius 1 is 1.28 bits per heavy atom. The number of hydrogen-bond donors (Lipinski definition) is 1. The number of rotatable bonds is 6. The Hall–Kier alpha value is -2.11. The van der Waals surface area contributed by atoms with Crippen LogP contribution in [0.2, 0.25) is 0 Å². The zero-order valence-corrected chi connectivity index (χ0v) is 15.7. The summed E-state index contributed by atoms with van der Waals surface area (Å²) in [6, 6.07) is 3.83. The SMILES string of the molecule is CCOc1cc(N2CCOCC2)c(OCC)cc1N=C(NC#N)SC. The molecule has 1 fully saturated rings. The molecule has 0 radical (unpaired) electrons. The van der Waals surface area contributed by atoms with Crippen LogP contribution >= 0.6 is 11.8 Å². The van der Waals surface area contributed by atoms with Crippen LogP contribution < -0.4 is 19.7 Å². The molecule has 1 aromatic rings. The minimum absolute atomic E-state index is 0.505. The molecule has 0 aromatic heterocycles. The van der Waals surface area contributed by atoms with Crippen molar-refractivity contribution in [2.24, 2.45) is 4.99 Å². The second-order valence-electron chi connectivity index (χ2n) is 5.11. The summed E-state index contributed by atoms with van der Waals surface area (Å²) in [6.07, 6.45) is 3.75. The highest BCUT2D eigenvalue weighted by atomic mass is 32.2. The van der Waals surface area contributed by atoms with Crippen molar-refractivity contribution < 1.29 is 14.2 Å². The second-order valence-corrected chi connectivity index (χ2v) is 5.91. The molecule has 0 saturated carbocycles. The van der Waals surface area contributed by atoms with Gasteiger partial charge in [0.15, 0.2) is 11.4 Å². The summed E-state index contributed by atoms with van der Waals surface area (Å²) in [5, 5.41) is 11.9. The third-order valence-electron chi connectivity index (χ3n) is 3.57. The van der Waals surface area contributed by atoms with E-state index in [0.29, 0.717) is 43.0 Å². The summed E-state index contributed by atoms with van der Waals surface area (Å²) in [7, 11) is 0. The van der Waals surface area contributed by atoms with Gasteiger partial charge >= 0.3 is 0 Å². The molecule has 2 rings (SSSR count). The summed E-state index contributed by atoms with van der Waals surface area (Å²) >= 11 is 1.36. The zero-order valence-electron chi connectivity index (χ0n) is 14.9. The number of hydrogen-bond acceptors (Lipinski definition) is 7. The van der Waals surface area contributed by atoms with E-state index in [2.05, 4.69) is 15.2 Å². The van der Waals surface area contributed by atoms with Crippen LogP contribution in [0, 0.1) is 11.5 Å². The number of amidine groups is 1. The smallest absolute Gasteiger partial charge is 0.183 e. The fourth-order valence-corrected chi connectivity index (χ4v) is 2.84. The van der Waals surface area contributed by atoms with Crippen molar-refractivity contribution >= 4 is 28.3 Å². The predicted molar refractivity (Wildman–Crippen MR) is 101 cm³/mol. The summed E-state index contributed by atoms with van der Waals surface area (Å²) in [6.45, 7) is 7.96. The predicted octanol–water partition coefficient (Wildman–Crippen LogP) is 2.74. The number of morpholine rings is 1. The molecule has 1 saturated heterocycles. The lowest BCUT2D eigenvalue weighted by Crippen LogP contribution is -2.36. The minimum atomic E-state index is 0.505. The first-order chi connectivity index (χ1) is 12.2. The zero-order chi connectivity index (χ0) is 18.1. The normalized spacial score (nSPS) is 14.8. The molecule has 0 bridgehead atoms. The third kappa shape index (κ3) is 5.18. The Bertz CT molecular complexity index is 640. The summed E-state index contributed by atoms with van der Waals surface area (Å²) in [4.78, 5) is 6.74. The lowest BCUT2D eigenvalue weighted by atomic mass is 10.2. The molecule has 7 nitrogen and oxygen atoms in total. The van der Waals surface area contributed by atoms with Gasteiger partial charge in [0.25, 0.3) is 0 Å². The lowest BCUT2D eigenvalue weighted by Gasteiger charge is -2.30. The first kappa shape index (κ1) is 19.2. The van der Waals surface area contributed by atoms with Gasteiger partial charge in [0.2, 0.25) is 0 Å². The maximum absolute atomic E-state index is 8.84. The maximum atomic E-state index is 8.84. The number of benzene rings is 1. The second kappa shape index (κ2) is 10.0. The largest absolute Gasteiger partial charge is 0.492 e. The Morgan fingerprint density at radius 3 is 2.56 bits per heavy atom. The van der Waals surface area contributed by atoms with Crippen molar-refractivity contribution in [3.05, 3.63) is 12.1 Å². The number of thioether (sulfide) groups is 1. The molecule has 0 atom stereocenters. The highest BCUT2D eigenvalue weighted by Gasteiger charge is 2.19. The van der Waals surface area contributed by atoms with Crippen molar-refractivity contribution in [3.8, 4) is 17.7 Å². The molecule has 0 unspecified atom stereocenters. The van der Waals surface area contributed by atoms with Crippen LogP contribution in [0.5, 0.6) is 11.5 Å². The number of nitriles is 1. The van der Waals surface area contributed by atoms with Crippen LogP contribution in [0.1, 0.15) is 13.8 Å². The van der Waals surface area contributed by atoms with Gasteiger partial charge in [-0.2, -0.15) is 5.26 Å². The quantitative estimate of drug-likeness (QED) is 0.360. The number of nitrogens with zero attached hydrogens (tertiary/aromatic N) is 3. The van der Waals surface area contributed by atoms with Gasteiger partial charge < -0.3 is 19.1 Å². The summed E-state index contributed by atoms with van der Waals surface area (Å²) < 4.78 is 17.1. The molecule has 136 valence electrons. The molecule has 0 aliphatic carbocycles. The molecule has 1 N–H and O–H groups in total. The highest BCUT2D eigenvalue weighted by Crippen LogP contribution is 2.41. The van der Waals surface area contributed by atoms with Gasteiger partial charge in [-0.15, -0.1) is 0 Å². The molecule has 0 amide bonds. The molecule has 8 heteroatoms. The van der Waals surface area contributed by atoms with Crippen LogP contribution in [0.3, 0.4) is 0 Å². The standard InChI is InChI=1S/C17H24N4O3S/c1-4-23-15-11-14(21-6-8-22-9-7-21)16(24-5-2)10-13(15)20-17(25-3)19-12-18/h10-11H,4-9H2,1-3H3,(H,19,20). The average Bonchev–Trinajstić information content (AvgIpc) is 2.64. The first-order valence-electron chi connectivity index (χ1n) is 8.27. The van der Waals surface area contributed by atoms with Crippen molar-refractivity contribution in [1.82, 2.24) is 5.32 Å². The van der Waals surface area contributed by atoms with Gasteiger partial charge in [-0.3, -0.25) is 5.32 Å². The minimum Gasteiger partial charge on any atom is -0.492 e. The van der Waals surface area contributed by atoms with Crippen LogP contribution in [0.25, 0.3) is 0 Å². The van der Waals surface area contributed by atoms with Gasteiger partial charge in [0, 0.05) is 25.2 Å². The van der Waals surface area contributed by atoms with E-state index in [9.17, 15) is 0 Å². The average molecular weight is 364 g/mol. The molecular weight excluding hydrogens is 340 g/mol. The Kier molecular flexibility index (Phi) is 7.70. The number of ether oxygens (including phenoxy) is 3. The van der Waals surface area contributed by atoms with E-state index in [1.807, 2.05) is 38.4 Å². The summed E-state index contributed by atoms with van der Waals surface area (Å²) in [5.41, 5.74) is 1.61. The Labute approximate surface area is 153 Å². The van der Waals surface area contributed by atoms with Crippen LogP contribution in [-0.4, -0.2) is 50.9 Å². The Morgan fingerprint density at radius 2 is 1.96 bits per heavy atom. The monoisotopic (exact) mass is 364 g/mol. The van der Waals surface area contributed by atoms with E-state index >= 15 is 0 Å². The van der Waals surface area contributed by atoms with E-state index in [-0.39, 0.29) is 0 Å². The number of aliphatic imine (C=N–C) groups is 1. The van der Waals surface area contributed by atoms with Gasteiger partial charge in [0.1, 0.15) is 17.2 Å². The van der Waals surface area contributed by atoms with E-state index in [0.717, 1.165) is 24.5 Å². The van der Waals surface area contributed by atoms with E-state index in [1.165, 1.54) is 11.8 Å². The van der Waals surface area contributed by atoms with Crippen LogP contribution in [0.15, 0.2) is 17.1 Å². The van der Waals surface area contributed by atoms with Crippen LogP contribution in [-0.2, 0) is 4.74 Å². The van der Waals surface area contributed by atoms with E-state index < -0.39 is 0 Å². The van der Waals surface area contributed by atoms with E-state index in [4.69, 9.17) is 19.5 Å². The van der Waals surface area contributed by atoms with Gasteiger partial charge in [-0.05, 0) is 20.1 Å². The molecule has 1 heterocycles. The van der Waals surface area contributed by atoms with Gasteiger partial charge in [-0.25, -0.2) is 4.99 Å². The topological polar surface area (TPSA) is 79.1 Å². The maximum Gasteiger partial charge on any atom is 0.183 e. The number of nitrogens with one attached hydrogen (secondary N) is 1. The van der Waals surface area contributed by atoms with Crippen molar-refractivity contribution in [2.75, 3.05) is 50.7 Å². The number of anilines is 1. The third-order valence-corrected chi connectivity index (χ3v) is 4.15. The highest BCUT2D eigenvalue weighted by molar-refractivity contribution is 8.13. The molecule has 0 spiro atoms. The summed E-state index contributed by atoms with van der Waals surface area (Å²) in [5.74, 6) is 1.42. The molecule has 1 aliphatic rings. The van der Waals surface area contributed by atoms with Crippen molar-refractivity contribution in [3.63, 3.8) is 0 Å². The van der Waals surface area contributed by atoms with Crippen LogP contribution in [0.4, 0.5) is 11.4 Å². The van der Waals surface area contributed by atoms with Crippen molar-refractivity contribution in [2.45, 2.75) is 13.8 Å². The van der Waals surface area contributed by atoms with Gasteiger partial charge in [-0.1, -0.05) is 11.8 Å². The molecule has 25 heavy (non-hydrogen) atoms. The fraction of sp³-hybridized carbons (Fsp3) is 0.529. The Balaban J connectivity index is 2.47. The van der Waals surface area contributed by atoms with E-state index in [1.54, 1.807) is 0 Å². The first-order valence-corrected chi connectivity index (χ1v) is 9.50. The lowest BCUT2D eigenvalue weighted by molar-refractivity contribution is 0.122. The van der Waals surface area contributed by atoms with Crippen molar-refractivity contribution in [1.29, 1.82) is 5.26 Å². The molecule has 1 aliphatic heterocycles. The molecular formula is C17H24N4O3S.